The third-order valence-corrected chi connectivity index (χ3v) is 3.87. The molecule has 2 aliphatic heterocycles. The van der Waals surface area contributed by atoms with Gasteiger partial charge < -0.3 is 10.6 Å². The molecular weight excluding hydrogens is 214 g/mol. The molecule has 1 aromatic rings. The largest absolute Gasteiger partial charge is 0.382 e. The summed E-state index contributed by atoms with van der Waals surface area (Å²) in [5, 5.41) is 0. The maximum atomic E-state index is 5.71. The third kappa shape index (κ3) is 1.95. The maximum Gasteiger partial charge on any atom is 0.149 e. The highest BCUT2D eigenvalue weighted by atomic mass is 15.3. The number of anilines is 2. The van der Waals surface area contributed by atoms with E-state index in [1.54, 1.807) is 6.20 Å². The van der Waals surface area contributed by atoms with Crippen molar-refractivity contribution in [3.05, 3.63) is 12.4 Å². The number of rotatable bonds is 1. The Morgan fingerprint density at radius 3 is 3.06 bits per heavy atom. The van der Waals surface area contributed by atoms with Gasteiger partial charge in [0.25, 0.3) is 0 Å². The number of hydrogen-bond donors (Lipinski definition) is 1. The minimum atomic E-state index is 0.487. The number of piperazine rings is 1. The van der Waals surface area contributed by atoms with Crippen molar-refractivity contribution in [3.8, 4) is 0 Å². The first-order valence-corrected chi connectivity index (χ1v) is 6.32. The summed E-state index contributed by atoms with van der Waals surface area (Å²) in [5.74, 6) is 1.42. The first kappa shape index (κ1) is 10.8. The van der Waals surface area contributed by atoms with Crippen LogP contribution >= 0.6 is 0 Å². The smallest absolute Gasteiger partial charge is 0.149 e. The average molecular weight is 233 g/mol. The molecule has 0 saturated carbocycles. The van der Waals surface area contributed by atoms with Gasteiger partial charge in [-0.2, -0.15) is 0 Å². The molecule has 2 N–H and O–H groups in total. The fourth-order valence-electron chi connectivity index (χ4n) is 3.02. The molecule has 2 atom stereocenters. The molecule has 2 fully saturated rings. The van der Waals surface area contributed by atoms with E-state index in [9.17, 15) is 0 Å². The summed E-state index contributed by atoms with van der Waals surface area (Å²) in [6.45, 7) is 5.69. The molecule has 0 radical (unpaired) electrons. The van der Waals surface area contributed by atoms with Crippen LogP contribution in [0.25, 0.3) is 0 Å². The highest BCUT2D eigenvalue weighted by molar-refractivity contribution is 5.43. The van der Waals surface area contributed by atoms with E-state index in [2.05, 4.69) is 26.7 Å². The molecule has 2 aliphatic rings. The van der Waals surface area contributed by atoms with Crippen molar-refractivity contribution >= 4 is 11.6 Å². The lowest BCUT2D eigenvalue weighted by molar-refractivity contribution is 0.202. The van der Waals surface area contributed by atoms with Crippen molar-refractivity contribution in [1.82, 2.24) is 14.9 Å². The monoisotopic (exact) mass is 233 g/mol. The summed E-state index contributed by atoms with van der Waals surface area (Å²) in [4.78, 5) is 13.5. The molecule has 0 amide bonds. The predicted octanol–water partition coefficient (Wildman–Crippen LogP) is 0.732. The summed E-state index contributed by atoms with van der Waals surface area (Å²) in [5.41, 5.74) is 5.71. The number of aromatic nitrogens is 2. The molecule has 0 spiro atoms. The van der Waals surface area contributed by atoms with Crippen LogP contribution < -0.4 is 10.6 Å². The maximum absolute atomic E-state index is 5.71. The Kier molecular flexibility index (Phi) is 2.63. The van der Waals surface area contributed by atoms with E-state index in [-0.39, 0.29) is 0 Å². The minimum absolute atomic E-state index is 0.487. The Balaban J connectivity index is 1.83. The molecule has 0 bridgehead atoms. The van der Waals surface area contributed by atoms with Gasteiger partial charge in [-0.1, -0.05) is 0 Å². The second kappa shape index (κ2) is 4.14. The van der Waals surface area contributed by atoms with Gasteiger partial charge in [-0.25, -0.2) is 4.98 Å². The van der Waals surface area contributed by atoms with Crippen LogP contribution in [-0.4, -0.2) is 46.6 Å². The van der Waals surface area contributed by atoms with Gasteiger partial charge >= 0.3 is 0 Å². The van der Waals surface area contributed by atoms with E-state index >= 15 is 0 Å². The van der Waals surface area contributed by atoms with Gasteiger partial charge in [0.1, 0.15) is 11.6 Å². The standard InChI is InChI=1S/C12H19N5/c1-9-7-16-4-2-3-10(16)8-17(9)12-6-14-5-11(13)15-12/h5-6,9-10H,2-4,7-8H2,1H3,(H2,13,15). The molecule has 0 aliphatic carbocycles. The first-order valence-electron chi connectivity index (χ1n) is 6.32. The Hall–Kier alpha value is -1.36. The fourth-order valence-corrected chi connectivity index (χ4v) is 3.02. The lowest BCUT2D eigenvalue weighted by Crippen LogP contribution is -2.55. The second-order valence-electron chi connectivity index (χ2n) is 5.09. The van der Waals surface area contributed by atoms with E-state index in [0.29, 0.717) is 17.9 Å². The molecule has 3 heterocycles. The van der Waals surface area contributed by atoms with Crippen LogP contribution in [0, 0.1) is 0 Å². The van der Waals surface area contributed by atoms with Crippen molar-refractivity contribution < 1.29 is 0 Å². The predicted molar refractivity (Wildman–Crippen MR) is 67.8 cm³/mol. The van der Waals surface area contributed by atoms with Crippen LogP contribution in [0.2, 0.25) is 0 Å². The van der Waals surface area contributed by atoms with Gasteiger partial charge in [-0.05, 0) is 26.3 Å². The van der Waals surface area contributed by atoms with Gasteiger partial charge in [-0.15, -0.1) is 0 Å². The number of nitrogens with zero attached hydrogens (tertiary/aromatic N) is 4. The van der Waals surface area contributed by atoms with Gasteiger partial charge in [0.2, 0.25) is 0 Å². The fraction of sp³-hybridized carbons (Fsp3) is 0.667. The second-order valence-corrected chi connectivity index (χ2v) is 5.09. The topological polar surface area (TPSA) is 58.3 Å². The summed E-state index contributed by atoms with van der Waals surface area (Å²) >= 11 is 0. The van der Waals surface area contributed by atoms with E-state index < -0.39 is 0 Å². The molecule has 3 rings (SSSR count). The number of fused-ring (bicyclic) bond motifs is 1. The molecule has 5 nitrogen and oxygen atoms in total. The van der Waals surface area contributed by atoms with Gasteiger partial charge in [0.05, 0.1) is 12.4 Å². The molecule has 2 unspecified atom stereocenters. The van der Waals surface area contributed by atoms with Crippen molar-refractivity contribution in [2.45, 2.75) is 31.8 Å². The Labute approximate surface area is 102 Å². The molecular formula is C12H19N5. The van der Waals surface area contributed by atoms with E-state index in [1.165, 1.54) is 19.4 Å². The van der Waals surface area contributed by atoms with Crippen LogP contribution in [-0.2, 0) is 0 Å². The average Bonchev–Trinajstić information content (AvgIpc) is 2.75. The normalized spacial score (nSPS) is 29.4. The van der Waals surface area contributed by atoms with Gasteiger partial charge in [0, 0.05) is 25.2 Å². The molecule has 5 heteroatoms. The SMILES string of the molecule is CC1CN2CCCC2CN1c1cncc(N)n1. The van der Waals surface area contributed by atoms with E-state index in [0.717, 1.165) is 18.9 Å². The Bertz CT molecular complexity index is 408. The van der Waals surface area contributed by atoms with Crippen LogP contribution in [0.15, 0.2) is 12.4 Å². The van der Waals surface area contributed by atoms with Crippen LogP contribution in [0.3, 0.4) is 0 Å². The van der Waals surface area contributed by atoms with Crippen LogP contribution in [0.5, 0.6) is 0 Å². The Morgan fingerprint density at radius 2 is 2.24 bits per heavy atom. The zero-order valence-electron chi connectivity index (χ0n) is 10.2. The summed E-state index contributed by atoms with van der Waals surface area (Å²) in [7, 11) is 0. The van der Waals surface area contributed by atoms with Crippen molar-refractivity contribution in [3.63, 3.8) is 0 Å². The van der Waals surface area contributed by atoms with Crippen molar-refractivity contribution in [1.29, 1.82) is 0 Å². The quantitative estimate of drug-likeness (QED) is 0.775. The van der Waals surface area contributed by atoms with Crippen molar-refractivity contribution in [2.75, 3.05) is 30.3 Å². The Morgan fingerprint density at radius 1 is 1.35 bits per heavy atom. The number of nitrogens with two attached hydrogens (primary N) is 1. The van der Waals surface area contributed by atoms with E-state index in [4.69, 9.17) is 5.73 Å². The minimum Gasteiger partial charge on any atom is -0.382 e. The van der Waals surface area contributed by atoms with Crippen LogP contribution in [0.4, 0.5) is 11.6 Å². The van der Waals surface area contributed by atoms with Crippen molar-refractivity contribution in [2.24, 2.45) is 0 Å². The lowest BCUT2D eigenvalue weighted by Gasteiger charge is -2.42. The third-order valence-electron chi connectivity index (χ3n) is 3.87. The molecule has 17 heavy (non-hydrogen) atoms. The zero-order valence-corrected chi connectivity index (χ0v) is 10.2. The van der Waals surface area contributed by atoms with Gasteiger partial charge in [-0.3, -0.25) is 9.88 Å². The lowest BCUT2D eigenvalue weighted by atomic mass is 10.1. The summed E-state index contributed by atoms with van der Waals surface area (Å²) in [6, 6.07) is 1.18. The first-order chi connectivity index (χ1) is 8.24. The molecule has 0 aromatic carbocycles. The van der Waals surface area contributed by atoms with Crippen LogP contribution in [0.1, 0.15) is 19.8 Å². The molecule has 1 aromatic heterocycles. The van der Waals surface area contributed by atoms with E-state index in [1.807, 2.05) is 6.20 Å². The highest BCUT2D eigenvalue weighted by Gasteiger charge is 2.34. The van der Waals surface area contributed by atoms with Gasteiger partial charge in [0.15, 0.2) is 0 Å². The highest BCUT2D eigenvalue weighted by Crippen LogP contribution is 2.27. The molecule has 2 saturated heterocycles. The summed E-state index contributed by atoms with van der Waals surface area (Å²) in [6.07, 6.45) is 6.05. The molecule has 92 valence electrons. The number of hydrogen-bond acceptors (Lipinski definition) is 5. The number of nitrogen functional groups attached to an aromatic ring is 1. The zero-order chi connectivity index (χ0) is 11.8. The summed E-state index contributed by atoms with van der Waals surface area (Å²) < 4.78 is 0.